The van der Waals surface area contributed by atoms with Crippen molar-refractivity contribution in [3.8, 4) is 0 Å². The van der Waals surface area contributed by atoms with E-state index in [-0.39, 0.29) is 17.6 Å². The highest BCUT2D eigenvalue weighted by atomic mass is 16.2. The molecule has 5 nitrogen and oxygen atoms in total. The Balaban J connectivity index is 1.46. The van der Waals surface area contributed by atoms with Crippen LogP contribution in [0.4, 0.5) is 5.69 Å². The second kappa shape index (κ2) is 12.7. The molecule has 0 aliphatic heterocycles. The molecule has 0 atom stereocenters. The van der Waals surface area contributed by atoms with Crippen molar-refractivity contribution in [1.29, 1.82) is 0 Å². The van der Waals surface area contributed by atoms with E-state index in [9.17, 15) is 14.4 Å². The number of carbonyl (C=O) groups is 3. The first kappa shape index (κ1) is 22.6. The van der Waals surface area contributed by atoms with Crippen molar-refractivity contribution in [3.05, 3.63) is 60.2 Å². The SMILES string of the molecule is CC(=O)c1ccc(NC(=O)CCCCCCCCC(=O)NC2=CC[CH]C=C2)cc1. The standard InChI is InChI=1S/C24H31N2O3/c1-19(27)20-15-17-22(18-16-20)26-24(29)14-10-5-3-2-4-9-13-23(28)25-21-11-7-6-8-12-21/h6-7,11-12,15-18H,2-5,8-10,13-14H2,1H3,(H,25,28)(H,26,29). The first-order valence-electron chi connectivity index (χ1n) is 10.5. The zero-order valence-electron chi connectivity index (χ0n) is 17.2. The van der Waals surface area contributed by atoms with E-state index in [1.807, 2.05) is 24.6 Å². The van der Waals surface area contributed by atoms with Crippen LogP contribution in [0.1, 0.15) is 75.1 Å². The summed E-state index contributed by atoms with van der Waals surface area (Å²) in [6.45, 7) is 1.52. The van der Waals surface area contributed by atoms with E-state index in [0.29, 0.717) is 18.4 Å². The highest BCUT2D eigenvalue weighted by Crippen LogP contribution is 2.13. The number of hydrogen-bond donors (Lipinski definition) is 2. The second-order valence-electron chi connectivity index (χ2n) is 7.34. The van der Waals surface area contributed by atoms with E-state index in [0.717, 1.165) is 56.3 Å². The third-order valence-electron chi connectivity index (χ3n) is 4.80. The van der Waals surface area contributed by atoms with Crippen LogP contribution < -0.4 is 10.6 Å². The summed E-state index contributed by atoms with van der Waals surface area (Å²) in [5.74, 6) is 0.0952. The number of allylic oxidation sites excluding steroid dienone is 3. The molecule has 0 bridgehead atoms. The van der Waals surface area contributed by atoms with Crippen LogP contribution >= 0.6 is 0 Å². The molecule has 0 fully saturated rings. The van der Waals surface area contributed by atoms with Crippen LogP contribution in [0.3, 0.4) is 0 Å². The number of rotatable bonds is 12. The third kappa shape index (κ3) is 9.37. The molecule has 0 unspecified atom stereocenters. The van der Waals surface area contributed by atoms with Crippen LogP contribution in [0.15, 0.2) is 48.2 Å². The zero-order valence-corrected chi connectivity index (χ0v) is 17.2. The molecule has 0 saturated heterocycles. The van der Waals surface area contributed by atoms with Gasteiger partial charge in [0.15, 0.2) is 5.78 Å². The quantitative estimate of drug-likeness (QED) is 0.381. The molecule has 155 valence electrons. The van der Waals surface area contributed by atoms with Crippen molar-refractivity contribution in [3.63, 3.8) is 0 Å². The van der Waals surface area contributed by atoms with Gasteiger partial charge in [0.05, 0.1) is 0 Å². The minimum Gasteiger partial charge on any atom is -0.326 e. The summed E-state index contributed by atoms with van der Waals surface area (Å²) in [5.41, 5.74) is 2.25. The van der Waals surface area contributed by atoms with E-state index in [4.69, 9.17) is 0 Å². The molecule has 1 radical (unpaired) electrons. The summed E-state index contributed by atoms with van der Waals surface area (Å²) in [4.78, 5) is 35.1. The molecule has 2 rings (SSSR count). The molecular formula is C24H31N2O3. The van der Waals surface area contributed by atoms with Crippen molar-refractivity contribution in [2.24, 2.45) is 0 Å². The second-order valence-corrected chi connectivity index (χ2v) is 7.34. The molecular weight excluding hydrogens is 364 g/mol. The Morgan fingerprint density at radius 2 is 1.41 bits per heavy atom. The lowest BCUT2D eigenvalue weighted by atomic mass is 10.1. The largest absolute Gasteiger partial charge is 0.326 e. The fourth-order valence-corrected chi connectivity index (χ4v) is 3.12. The number of amides is 2. The van der Waals surface area contributed by atoms with Gasteiger partial charge >= 0.3 is 0 Å². The molecule has 1 aliphatic carbocycles. The maximum absolute atomic E-state index is 12.0. The van der Waals surface area contributed by atoms with Crippen LogP contribution in [0, 0.1) is 6.42 Å². The van der Waals surface area contributed by atoms with Crippen LogP contribution in [0.5, 0.6) is 0 Å². The molecule has 2 amide bonds. The highest BCUT2D eigenvalue weighted by molar-refractivity contribution is 5.95. The molecule has 0 saturated carbocycles. The molecule has 2 N–H and O–H groups in total. The number of carbonyl (C=O) groups excluding carboxylic acids is 3. The minimum absolute atomic E-state index is 0.000846. The number of unbranched alkanes of at least 4 members (excludes halogenated alkanes) is 5. The predicted molar refractivity (Wildman–Crippen MR) is 116 cm³/mol. The summed E-state index contributed by atoms with van der Waals surface area (Å²) < 4.78 is 0. The van der Waals surface area contributed by atoms with Crippen molar-refractivity contribution < 1.29 is 14.4 Å². The van der Waals surface area contributed by atoms with Crippen LogP contribution in [0.2, 0.25) is 0 Å². The Bertz CT molecular complexity index is 748. The minimum atomic E-state index is 0.000846. The number of benzene rings is 1. The monoisotopic (exact) mass is 395 g/mol. The van der Waals surface area contributed by atoms with Crippen molar-refractivity contribution >= 4 is 23.3 Å². The normalized spacial score (nSPS) is 12.9. The Hall–Kier alpha value is -2.69. The van der Waals surface area contributed by atoms with Gasteiger partial charge in [-0.2, -0.15) is 0 Å². The van der Waals surface area contributed by atoms with Crippen LogP contribution in [-0.4, -0.2) is 17.6 Å². The first-order chi connectivity index (χ1) is 14.0. The van der Waals surface area contributed by atoms with E-state index < -0.39 is 0 Å². The van der Waals surface area contributed by atoms with Crippen LogP contribution in [0.25, 0.3) is 0 Å². The Kier molecular flexibility index (Phi) is 9.90. The van der Waals surface area contributed by atoms with E-state index >= 15 is 0 Å². The van der Waals surface area contributed by atoms with Crippen molar-refractivity contribution in [2.75, 3.05) is 5.32 Å². The number of hydrogen-bond acceptors (Lipinski definition) is 3. The molecule has 0 heterocycles. The number of nitrogens with one attached hydrogen (secondary N) is 2. The Labute approximate surface area is 173 Å². The van der Waals surface area contributed by atoms with Gasteiger partial charge in [0.25, 0.3) is 0 Å². The number of ketones is 1. The first-order valence-corrected chi connectivity index (χ1v) is 10.5. The summed E-state index contributed by atoms with van der Waals surface area (Å²) in [6, 6.07) is 6.95. The fraction of sp³-hybridized carbons (Fsp3) is 0.417. The lowest BCUT2D eigenvalue weighted by molar-refractivity contribution is -0.120. The number of anilines is 1. The summed E-state index contributed by atoms with van der Waals surface area (Å²) >= 11 is 0. The maximum Gasteiger partial charge on any atom is 0.224 e. The topological polar surface area (TPSA) is 75.3 Å². The van der Waals surface area contributed by atoms with Gasteiger partial charge in [0.1, 0.15) is 0 Å². The highest BCUT2D eigenvalue weighted by Gasteiger charge is 2.05. The fourth-order valence-electron chi connectivity index (χ4n) is 3.12. The summed E-state index contributed by atoms with van der Waals surface area (Å²) in [7, 11) is 0. The van der Waals surface area contributed by atoms with Crippen molar-refractivity contribution in [2.45, 2.75) is 64.7 Å². The van der Waals surface area contributed by atoms with E-state index in [1.165, 1.54) is 6.92 Å². The molecule has 0 spiro atoms. The maximum atomic E-state index is 12.0. The van der Waals surface area contributed by atoms with Gasteiger partial charge in [-0.05, 0) is 62.9 Å². The van der Waals surface area contributed by atoms with Gasteiger partial charge in [-0.25, -0.2) is 0 Å². The molecule has 0 aromatic heterocycles. The molecule has 5 heteroatoms. The molecule has 1 aromatic rings. The van der Waals surface area contributed by atoms with Gasteiger partial charge < -0.3 is 10.6 Å². The third-order valence-corrected chi connectivity index (χ3v) is 4.80. The average molecular weight is 396 g/mol. The van der Waals surface area contributed by atoms with E-state index in [2.05, 4.69) is 10.6 Å². The molecule has 1 aliphatic rings. The Morgan fingerprint density at radius 3 is 1.97 bits per heavy atom. The van der Waals surface area contributed by atoms with Crippen molar-refractivity contribution in [1.82, 2.24) is 5.32 Å². The Morgan fingerprint density at radius 1 is 0.828 bits per heavy atom. The smallest absolute Gasteiger partial charge is 0.224 e. The van der Waals surface area contributed by atoms with Gasteiger partial charge in [0.2, 0.25) is 11.8 Å². The summed E-state index contributed by atoms with van der Waals surface area (Å²) in [6.07, 6.45) is 15.8. The van der Waals surface area contributed by atoms with Crippen LogP contribution in [-0.2, 0) is 9.59 Å². The summed E-state index contributed by atoms with van der Waals surface area (Å²) in [5, 5.41) is 5.78. The van der Waals surface area contributed by atoms with Gasteiger partial charge in [-0.3, -0.25) is 14.4 Å². The van der Waals surface area contributed by atoms with E-state index in [1.54, 1.807) is 24.3 Å². The predicted octanol–water partition coefficient (Wildman–Crippen LogP) is 5.11. The van der Waals surface area contributed by atoms with Gasteiger partial charge in [-0.1, -0.05) is 37.8 Å². The molecule has 29 heavy (non-hydrogen) atoms. The van der Waals surface area contributed by atoms with Gasteiger partial charge in [-0.15, -0.1) is 0 Å². The molecule has 1 aromatic carbocycles. The van der Waals surface area contributed by atoms with Gasteiger partial charge in [0, 0.05) is 29.8 Å². The zero-order chi connectivity index (χ0) is 20.9. The lowest BCUT2D eigenvalue weighted by Gasteiger charge is -2.09. The number of Topliss-reactive ketones (excluding diaryl/α,β-unsaturated/α-hetero) is 1. The average Bonchev–Trinajstić information content (AvgIpc) is 2.71. The lowest BCUT2D eigenvalue weighted by Crippen LogP contribution is -2.21.